The van der Waals surface area contributed by atoms with Gasteiger partial charge in [0.05, 0.1) is 22.0 Å². The Kier molecular flexibility index (Phi) is 4.72. The molecule has 0 saturated heterocycles. The van der Waals surface area contributed by atoms with Crippen LogP contribution in [0.4, 0.5) is 5.69 Å². The average molecular weight is 372 g/mol. The zero-order chi connectivity index (χ0) is 18.7. The Bertz CT molecular complexity index is 1110. The van der Waals surface area contributed by atoms with Gasteiger partial charge in [-0.25, -0.2) is 10.4 Å². The quantitative estimate of drug-likeness (QED) is 0.412. The number of para-hydroxylation sites is 1. The number of halogens is 1. The van der Waals surface area contributed by atoms with E-state index in [4.69, 9.17) is 11.6 Å². The van der Waals surface area contributed by atoms with Gasteiger partial charge in [0.15, 0.2) is 0 Å². The number of nitro benzene ring substituents is 1. The first-order valence-electron chi connectivity index (χ1n) is 7.22. The normalized spacial score (nSPS) is 11.0. The molecule has 0 atom stereocenters. The maximum Gasteiger partial charge on any atom is 0.307 e. The fraction of sp³-hybridized carbons (Fsp3) is 0. The van der Waals surface area contributed by atoms with Crippen LogP contribution in [0.2, 0.25) is 5.02 Å². The predicted octanol–water partition coefficient (Wildman–Crippen LogP) is 2.25. The number of aromatic nitrogens is 2. The van der Waals surface area contributed by atoms with Crippen LogP contribution in [0.25, 0.3) is 10.9 Å². The molecule has 0 unspecified atom stereocenters. The van der Waals surface area contributed by atoms with Crippen molar-refractivity contribution in [1.29, 1.82) is 0 Å². The molecule has 0 aliphatic heterocycles. The number of nitro groups is 1. The summed E-state index contributed by atoms with van der Waals surface area (Å²) in [4.78, 5) is 40.7. The second-order valence-corrected chi connectivity index (χ2v) is 5.50. The van der Waals surface area contributed by atoms with Crippen molar-refractivity contribution in [2.45, 2.75) is 0 Å². The minimum absolute atomic E-state index is 0.164. The van der Waals surface area contributed by atoms with Gasteiger partial charge in [0, 0.05) is 22.7 Å². The van der Waals surface area contributed by atoms with Crippen molar-refractivity contribution >= 4 is 40.3 Å². The zero-order valence-electron chi connectivity index (χ0n) is 13.0. The fourth-order valence-corrected chi connectivity index (χ4v) is 2.32. The van der Waals surface area contributed by atoms with E-state index >= 15 is 0 Å². The summed E-state index contributed by atoms with van der Waals surface area (Å²) in [6, 6.07) is 10.4. The maximum atomic E-state index is 12.1. The highest BCUT2D eigenvalue weighted by atomic mass is 35.5. The van der Waals surface area contributed by atoms with E-state index < -0.39 is 16.4 Å². The first kappa shape index (κ1) is 17.2. The molecular weight excluding hydrogens is 362 g/mol. The van der Waals surface area contributed by atoms with E-state index in [1.165, 1.54) is 18.2 Å². The number of fused-ring (bicyclic) bond motifs is 1. The standard InChI is InChI=1S/C16H10ClN5O4/c17-12-6-5-10(22(25)26)7-9(12)8-18-21-16(24)14-19-13-4-2-1-3-11(13)15(23)20-14/h1-8H,(H,21,24)(H,19,20,23)/b18-8+. The van der Waals surface area contributed by atoms with Gasteiger partial charge in [-0.2, -0.15) is 5.10 Å². The SMILES string of the molecule is O=C(N/N=C/c1cc([N+](=O)[O-])ccc1Cl)c1nc2ccccc2c(=O)[nH]1. The fourth-order valence-electron chi connectivity index (χ4n) is 2.15. The second kappa shape index (κ2) is 7.11. The van der Waals surface area contributed by atoms with Crippen molar-refractivity contribution in [2.75, 3.05) is 0 Å². The van der Waals surface area contributed by atoms with Crippen LogP contribution in [0.5, 0.6) is 0 Å². The smallest absolute Gasteiger partial charge is 0.302 e. The third-order valence-electron chi connectivity index (χ3n) is 3.39. The molecular formula is C16H10ClN5O4. The molecule has 10 heteroatoms. The van der Waals surface area contributed by atoms with Gasteiger partial charge in [-0.1, -0.05) is 23.7 Å². The Morgan fingerprint density at radius 2 is 2.08 bits per heavy atom. The average Bonchev–Trinajstić information content (AvgIpc) is 2.63. The van der Waals surface area contributed by atoms with Gasteiger partial charge < -0.3 is 4.98 Å². The number of carbonyl (C=O) groups excluding carboxylic acids is 1. The van der Waals surface area contributed by atoms with E-state index in [0.717, 1.165) is 6.21 Å². The molecule has 0 fully saturated rings. The van der Waals surface area contributed by atoms with Crippen LogP contribution in [0.15, 0.2) is 52.4 Å². The van der Waals surface area contributed by atoms with Gasteiger partial charge in [0.25, 0.3) is 11.2 Å². The van der Waals surface area contributed by atoms with E-state index in [9.17, 15) is 19.7 Å². The van der Waals surface area contributed by atoms with Crippen LogP contribution in [0, 0.1) is 10.1 Å². The molecule has 0 radical (unpaired) electrons. The Labute approximate surface area is 150 Å². The molecule has 0 spiro atoms. The first-order chi connectivity index (χ1) is 12.5. The number of carbonyl (C=O) groups is 1. The van der Waals surface area contributed by atoms with E-state index in [-0.39, 0.29) is 22.1 Å². The molecule has 26 heavy (non-hydrogen) atoms. The highest BCUT2D eigenvalue weighted by Gasteiger charge is 2.11. The molecule has 0 aliphatic rings. The number of rotatable bonds is 4. The molecule has 130 valence electrons. The summed E-state index contributed by atoms with van der Waals surface area (Å²) in [5, 5.41) is 15.1. The highest BCUT2D eigenvalue weighted by Crippen LogP contribution is 2.20. The van der Waals surface area contributed by atoms with Gasteiger partial charge in [-0.15, -0.1) is 0 Å². The van der Waals surface area contributed by atoms with Gasteiger partial charge in [0.2, 0.25) is 5.82 Å². The monoisotopic (exact) mass is 371 g/mol. The molecule has 0 saturated carbocycles. The lowest BCUT2D eigenvalue weighted by molar-refractivity contribution is -0.384. The number of aromatic amines is 1. The number of amides is 1. The number of H-pyrrole nitrogens is 1. The van der Waals surface area contributed by atoms with Crippen LogP contribution in [0.1, 0.15) is 16.2 Å². The van der Waals surface area contributed by atoms with Crippen molar-refractivity contribution in [2.24, 2.45) is 5.10 Å². The maximum absolute atomic E-state index is 12.1. The summed E-state index contributed by atoms with van der Waals surface area (Å²) in [6.07, 6.45) is 1.16. The Morgan fingerprint density at radius 3 is 2.85 bits per heavy atom. The van der Waals surface area contributed by atoms with Crippen LogP contribution in [0.3, 0.4) is 0 Å². The number of nitrogens with one attached hydrogen (secondary N) is 2. The first-order valence-corrected chi connectivity index (χ1v) is 7.60. The summed E-state index contributed by atoms with van der Waals surface area (Å²) in [7, 11) is 0. The Hall–Kier alpha value is -3.59. The van der Waals surface area contributed by atoms with Crippen molar-refractivity contribution < 1.29 is 9.72 Å². The van der Waals surface area contributed by atoms with E-state index in [0.29, 0.717) is 10.9 Å². The van der Waals surface area contributed by atoms with Crippen LogP contribution < -0.4 is 11.0 Å². The molecule has 2 aromatic carbocycles. The molecule has 1 aromatic heterocycles. The predicted molar refractivity (Wildman–Crippen MR) is 95.5 cm³/mol. The lowest BCUT2D eigenvalue weighted by atomic mass is 10.2. The zero-order valence-corrected chi connectivity index (χ0v) is 13.7. The van der Waals surface area contributed by atoms with Gasteiger partial charge in [-0.05, 0) is 18.2 Å². The summed E-state index contributed by atoms with van der Waals surface area (Å²) in [5.41, 5.74) is 2.19. The molecule has 1 heterocycles. The third kappa shape index (κ3) is 3.57. The van der Waals surface area contributed by atoms with Crippen LogP contribution in [-0.4, -0.2) is 27.0 Å². The lowest BCUT2D eigenvalue weighted by Crippen LogP contribution is -2.24. The summed E-state index contributed by atoms with van der Waals surface area (Å²) in [6.45, 7) is 0. The second-order valence-electron chi connectivity index (χ2n) is 5.09. The summed E-state index contributed by atoms with van der Waals surface area (Å²) in [5.74, 6) is -0.957. The molecule has 0 aliphatic carbocycles. The minimum atomic E-state index is -0.745. The van der Waals surface area contributed by atoms with Gasteiger partial charge >= 0.3 is 5.91 Å². The van der Waals surface area contributed by atoms with E-state index in [1.54, 1.807) is 24.3 Å². The number of hydrazone groups is 1. The summed E-state index contributed by atoms with van der Waals surface area (Å²) >= 11 is 5.93. The number of non-ortho nitro benzene ring substituents is 1. The van der Waals surface area contributed by atoms with E-state index in [2.05, 4.69) is 20.5 Å². The van der Waals surface area contributed by atoms with Crippen molar-refractivity contribution in [3.8, 4) is 0 Å². The van der Waals surface area contributed by atoms with Crippen LogP contribution >= 0.6 is 11.6 Å². The number of hydrogen-bond donors (Lipinski definition) is 2. The summed E-state index contributed by atoms with van der Waals surface area (Å²) < 4.78 is 0. The molecule has 3 aromatic rings. The van der Waals surface area contributed by atoms with E-state index in [1.807, 2.05) is 0 Å². The Balaban J connectivity index is 1.81. The highest BCUT2D eigenvalue weighted by molar-refractivity contribution is 6.33. The largest absolute Gasteiger partial charge is 0.307 e. The molecule has 3 rings (SSSR count). The topological polar surface area (TPSA) is 130 Å². The van der Waals surface area contributed by atoms with Crippen molar-refractivity contribution in [1.82, 2.24) is 15.4 Å². The number of benzene rings is 2. The molecule has 0 bridgehead atoms. The van der Waals surface area contributed by atoms with Crippen molar-refractivity contribution in [3.63, 3.8) is 0 Å². The lowest BCUT2D eigenvalue weighted by Gasteiger charge is -2.02. The third-order valence-corrected chi connectivity index (χ3v) is 3.73. The van der Waals surface area contributed by atoms with Crippen LogP contribution in [-0.2, 0) is 0 Å². The number of nitrogens with zero attached hydrogens (tertiary/aromatic N) is 3. The molecule has 2 N–H and O–H groups in total. The molecule has 9 nitrogen and oxygen atoms in total. The van der Waals surface area contributed by atoms with Gasteiger partial charge in [0.1, 0.15) is 0 Å². The van der Waals surface area contributed by atoms with Gasteiger partial charge in [-0.3, -0.25) is 19.7 Å². The molecule has 1 amide bonds. The Morgan fingerprint density at radius 1 is 1.31 bits per heavy atom. The number of hydrogen-bond acceptors (Lipinski definition) is 6. The minimum Gasteiger partial charge on any atom is -0.302 e. The van der Waals surface area contributed by atoms with Crippen molar-refractivity contribution in [3.05, 3.63) is 79.3 Å².